The molecule has 0 amide bonds. The molecule has 0 bridgehead atoms. The maximum absolute atomic E-state index is 11.9. The summed E-state index contributed by atoms with van der Waals surface area (Å²) in [5, 5.41) is 0. The van der Waals surface area contributed by atoms with Crippen LogP contribution in [0.4, 0.5) is 0 Å². The zero-order valence-corrected chi connectivity index (χ0v) is 11.0. The quantitative estimate of drug-likeness (QED) is 0.820. The lowest BCUT2D eigenvalue weighted by Gasteiger charge is -2.12. The van der Waals surface area contributed by atoms with Crippen LogP contribution in [0.25, 0.3) is 0 Å². The highest BCUT2D eigenvalue weighted by Crippen LogP contribution is 2.21. The minimum absolute atomic E-state index is 0.150. The van der Waals surface area contributed by atoms with Crippen molar-refractivity contribution < 1.29 is 13.2 Å². The first-order chi connectivity index (χ1) is 7.90. The number of rotatable bonds is 5. The minimum Gasteiger partial charge on any atom is -0.496 e. The van der Waals surface area contributed by atoms with E-state index in [1.165, 1.54) is 19.2 Å². The van der Waals surface area contributed by atoms with Crippen molar-refractivity contribution in [3.8, 4) is 5.75 Å². The highest BCUT2D eigenvalue weighted by atomic mass is 32.2. The van der Waals surface area contributed by atoms with Crippen molar-refractivity contribution in [1.29, 1.82) is 0 Å². The van der Waals surface area contributed by atoms with E-state index >= 15 is 0 Å². The fraction of sp³-hybridized carbons (Fsp3) is 0.455. The Hall–Kier alpha value is -1.11. The molecule has 96 valence electrons. The van der Waals surface area contributed by atoms with Crippen LogP contribution in [0, 0.1) is 0 Å². The summed E-state index contributed by atoms with van der Waals surface area (Å²) in [5.41, 5.74) is 6.21. The zero-order valence-electron chi connectivity index (χ0n) is 10.2. The summed E-state index contributed by atoms with van der Waals surface area (Å²) in [4.78, 5) is 0.201. The summed E-state index contributed by atoms with van der Waals surface area (Å²) in [5.74, 6) is 0.594. The average Bonchev–Trinajstić information content (AvgIpc) is 2.26. The second-order valence-corrected chi connectivity index (χ2v) is 5.67. The normalized spacial score (nSPS) is 11.8. The molecular formula is C11H18N2O3S. The van der Waals surface area contributed by atoms with E-state index in [-0.39, 0.29) is 17.5 Å². The maximum atomic E-state index is 11.9. The first-order valence-corrected chi connectivity index (χ1v) is 6.78. The topological polar surface area (TPSA) is 81.4 Å². The van der Waals surface area contributed by atoms with Gasteiger partial charge in [0.1, 0.15) is 5.75 Å². The van der Waals surface area contributed by atoms with Gasteiger partial charge in [0.05, 0.1) is 12.0 Å². The van der Waals surface area contributed by atoms with Crippen LogP contribution in [0.2, 0.25) is 0 Å². The number of nitrogens with two attached hydrogens (primary N) is 1. The fourth-order valence-electron chi connectivity index (χ4n) is 1.46. The Labute approximate surface area is 102 Å². The number of nitrogens with one attached hydrogen (secondary N) is 1. The van der Waals surface area contributed by atoms with Crippen LogP contribution in [-0.2, 0) is 16.6 Å². The molecule has 0 aliphatic heterocycles. The third kappa shape index (κ3) is 3.42. The second kappa shape index (κ2) is 5.48. The van der Waals surface area contributed by atoms with Crippen molar-refractivity contribution in [2.45, 2.75) is 31.3 Å². The van der Waals surface area contributed by atoms with Gasteiger partial charge >= 0.3 is 0 Å². The third-order valence-electron chi connectivity index (χ3n) is 2.17. The van der Waals surface area contributed by atoms with Crippen LogP contribution >= 0.6 is 0 Å². The van der Waals surface area contributed by atoms with Crippen LogP contribution in [0.15, 0.2) is 23.1 Å². The maximum Gasteiger partial charge on any atom is 0.240 e. The summed E-state index contributed by atoms with van der Waals surface area (Å²) < 4.78 is 31.4. The summed E-state index contributed by atoms with van der Waals surface area (Å²) >= 11 is 0. The van der Waals surface area contributed by atoms with Gasteiger partial charge in [0.2, 0.25) is 10.0 Å². The summed E-state index contributed by atoms with van der Waals surface area (Å²) in [6, 6.07) is 4.49. The average molecular weight is 258 g/mol. The molecule has 0 saturated heterocycles. The number of methoxy groups -OCH3 is 1. The molecule has 0 spiro atoms. The smallest absolute Gasteiger partial charge is 0.240 e. The molecular weight excluding hydrogens is 240 g/mol. The molecule has 17 heavy (non-hydrogen) atoms. The highest BCUT2D eigenvalue weighted by Gasteiger charge is 2.16. The Kier molecular flexibility index (Phi) is 4.50. The van der Waals surface area contributed by atoms with E-state index in [4.69, 9.17) is 10.5 Å². The second-order valence-electron chi connectivity index (χ2n) is 3.95. The molecule has 6 heteroatoms. The highest BCUT2D eigenvalue weighted by molar-refractivity contribution is 7.89. The summed E-state index contributed by atoms with van der Waals surface area (Å²) in [7, 11) is -1.96. The molecule has 0 aliphatic carbocycles. The number of ether oxygens (including phenoxy) is 1. The van der Waals surface area contributed by atoms with Gasteiger partial charge in [0, 0.05) is 18.2 Å². The van der Waals surface area contributed by atoms with E-state index in [1.54, 1.807) is 19.9 Å². The number of benzene rings is 1. The van der Waals surface area contributed by atoms with E-state index in [1.807, 2.05) is 0 Å². The first kappa shape index (κ1) is 14.0. The van der Waals surface area contributed by atoms with Gasteiger partial charge in [-0.15, -0.1) is 0 Å². The minimum atomic E-state index is -3.48. The Morgan fingerprint density at radius 2 is 2.06 bits per heavy atom. The monoisotopic (exact) mass is 258 g/mol. The van der Waals surface area contributed by atoms with Gasteiger partial charge in [0.15, 0.2) is 0 Å². The predicted molar refractivity (Wildman–Crippen MR) is 66.3 cm³/mol. The van der Waals surface area contributed by atoms with Gasteiger partial charge in [-0.1, -0.05) is 0 Å². The van der Waals surface area contributed by atoms with Gasteiger partial charge in [-0.3, -0.25) is 0 Å². The molecule has 1 rings (SSSR count). The lowest BCUT2D eigenvalue weighted by molar-refractivity contribution is 0.409. The van der Waals surface area contributed by atoms with E-state index in [2.05, 4.69) is 4.72 Å². The van der Waals surface area contributed by atoms with Gasteiger partial charge in [-0.2, -0.15) is 0 Å². The molecule has 3 N–H and O–H groups in total. The Balaban J connectivity index is 3.16. The number of hydrogen-bond acceptors (Lipinski definition) is 4. The molecule has 0 atom stereocenters. The predicted octanol–water partition coefficient (Wildman–Crippen LogP) is 0.841. The Morgan fingerprint density at radius 3 is 2.53 bits per heavy atom. The Morgan fingerprint density at radius 1 is 1.41 bits per heavy atom. The van der Waals surface area contributed by atoms with Crippen LogP contribution in [0.3, 0.4) is 0 Å². The molecule has 0 heterocycles. The van der Waals surface area contributed by atoms with Crippen LogP contribution in [-0.4, -0.2) is 21.6 Å². The molecule has 0 unspecified atom stereocenters. The van der Waals surface area contributed by atoms with Gasteiger partial charge in [-0.05, 0) is 32.0 Å². The summed E-state index contributed by atoms with van der Waals surface area (Å²) in [6.07, 6.45) is 0. The third-order valence-corrected chi connectivity index (χ3v) is 3.83. The van der Waals surface area contributed by atoms with Crippen molar-refractivity contribution in [2.24, 2.45) is 5.73 Å². The van der Waals surface area contributed by atoms with Gasteiger partial charge in [-0.25, -0.2) is 13.1 Å². The van der Waals surface area contributed by atoms with Crippen molar-refractivity contribution in [3.05, 3.63) is 23.8 Å². The zero-order chi connectivity index (χ0) is 13.1. The molecule has 0 saturated carbocycles. The van der Waals surface area contributed by atoms with Crippen molar-refractivity contribution in [1.82, 2.24) is 4.72 Å². The van der Waals surface area contributed by atoms with Crippen LogP contribution in [0.1, 0.15) is 19.4 Å². The number of sulfonamides is 1. The molecule has 1 aromatic carbocycles. The largest absolute Gasteiger partial charge is 0.496 e. The van der Waals surface area contributed by atoms with E-state index in [0.717, 1.165) is 0 Å². The van der Waals surface area contributed by atoms with Crippen LogP contribution < -0.4 is 15.2 Å². The lowest BCUT2D eigenvalue weighted by Crippen LogP contribution is -2.30. The van der Waals surface area contributed by atoms with Crippen molar-refractivity contribution in [3.63, 3.8) is 0 Å². The van der Waals surface area contributed by atoms with Crippen molar-refractivity contribution >= 4 is 10.0 Å². The molecule has 0 aliphatic rings. The van der Waals surface area contributed by atoms with Gasteiger partial charge < -0.3 is 10.5 Å². The molecule has 1 aromatic rings. The molecule has 0 radical (unpaired) electrons. The SMILES string of the molecule is COc1ccc(S(=O)(=O)NC(C)C)cc1CN. The van der Waals surface area contributed by atoms with E-state index < -0.39 is 10.0 Å². The van der Waals surface area contributed by atoms with E-state index in [0.29, 0.717) is 11.3 Å². The molecule has 5 nitrogen and oxygen atoms in total. The Bertz CT molecular complexity index is 483. The molecule has 0 aromatic heterocycles. The lowest BCUT2D eigenvalue weighted by atomic mass is 10.2. The van der Waals surface area contributed by atoms with Crippen molar-refractivity contribution in [2.75, 3.05) is 7.11 Å². The summed E-state index contributed by atoms with van der Waals surface area (Å²) in [6.45, 7) is 3.77. The fourth-order valence-corrected chi connectivity index (χ4v) is 2.76. The standard InChI is InChI=1S/C11H18N2O3S/c1-8(2)13-17(14,15)10-4-5-11(16-3)9(6-10)7-12/h4-6,8,13H,7,12H2,1-3H3. The van der Waals surface area contributed by atoms with E-state index in [9.17, 15) is 8.42 Å². The van der Waals surface area contributed by atoms with Crippen LogP contribution in [0.5, 0.6) is 5.75 Å². The van der Waals surface area contributed by atoms with Gasteiger partial charge in [0.25, 0.3) is 0 Å². The number of hydrogen-bond donors (Lipinski definition) is 2. The molecule has 0 fully saturated rings. The first-order valence-electron chi connectivity index (χ1n) is 5.30.